The van der Waals surface area contributed by atoms with Crippen LogP contribution in [0.25, 0.3) is 27.6 Å². The van der Waals surface area contributed by atoms with Crippen LogP contribution in [-0.2, 0) is 11.4 Å². The molecule has 3 N–H and O–H groups in total. The number of hydrogen-bond donors (Lipinski definition) is 3. The van der Waals surface area contributed by atoms with Gasteiger partial charge in [0.05, 0.1) is 29.3 Å². The topological polar surface area (TPSA) is 110 Å². The molecule has 12 heteroatoms. The van der Waals surface area contributed by atoms with E-state index in [1.165, 1.54) is 47.7 Å². The molecule has 3 aromatic heterocycles. The zero-order valence-electron chi connectivity index (χ0n) is 18.0. The Bertz CT molecular complexity index is 1470. The van der Waals surface area contributed by atoms with E-state index in [0.29, 0.717) is 46.6 Å². The summed E-state index contributed by atoms with van der Waals surface area (Å²) < 4.78 is 43.6. The molecule has 5 aromatic rings. The number of phenols is 1. The van der Waals surface area contributed by atoms with E-state index >= 15 is 0 Å². The number of halogens is 2. The molecule has 5 rings (SSSR count). The Morgan fingerprint density at radius 2 is 1.89 bits per heavy atom. The Morgan fingerprint density at radius 1 is 1.06 bits per heavy atom. The fourth-order valence-corrected chi connectivity index (χ4v) is 4.98. The maximum absolute atomic E-state index is 13.6. The van der Waals surface area contributed by atoms with Gasteiger partial charge in [-0.05, 0) is 48.5 Å². The van der Waals surface area contributed by atoms with Crippen LogP contribution in [0.1, 0.15) is 0 Å². The largest absolute Gasteiger partial charge is 0.593 e. The molecule has 0 saturated heterocycles. The van der Waals surface area contributed by atoms with E-state index in [-0.39, 0.29) is 5.82 Å². The van der Waals surface area contributed by atoms with Crippen molar-refractivity contribution >= 4 is 33.6 Å². The molecule has 0 aliphatic carbocycles. The van der Waals surface area contributed by atoms with E-state index in [1.54, 1.807) is 18.3 Å². The summed E-state index contributed by atoms with van der Waals surface area (Å²) >= 11 is -0.0325. The highest BCUT2D eigenvalue weighted by atomic mass is 32.2. The highest BCUT2D eigenvalue weighted by Gasteiger charge is 2.19. The molecule has 0 radical (unpaired) electrons. The van der Waals surface area contributed by atoms with Crippen LogP contribution >= 0.6 is 11.3 Å². The minimum Gasteiger partial charge on any atom is -0.593 e. The molecule has 8 nitrogen and oxygen atoms in total. The summed E-state index contributed by atoms with van der Waals surface area (Å²) in [5.74, 6) is -1.20. The van der Waals surface area contributed by atoms with Crippen molar-refractivity contribution in [2.75, 3.05) is 18.4 Å². The predicted molar refractivity (Wildman–Crippen MR) is 130 cm³/mol. The number of hydrogen-bond acceptors (Lipinski definition) is 8. The number of nitrogens with zero attached hydrogens (tertiary/aromatic N) is 4. The fraction of sp³-hybridized carbons (Fsp3) is 0.0870. The average molecular weight is 513 g/mol. The summed E-state index contributed by atoms with van der Waals surface area (Å²) in [6.07, 6.45) is 3.46. The SMILES string of the molecule is [O-][S+](NCCNc1nccc(-c2c(-c3ccc(F)c(O)c3)nc3sccn23)n1)c1ccc(F)cc1. The summed E-state index contributed by atoms with van der Waals surface area (Å²) in [6.45, 7) is 0.731. The van der Waals surface area contributed by atoms with Gasteiger partial charge in [-0.15, -0.1) is 16.1 Å². The van der Waals surface area contributed by atoms with Crippen molar-refractivity contribution in [3.63, 3.8) is 0 Å². The zero-order valence-corrected chi connectivity index (χ0v) is 19.6. The second kappa shape index (κ2) is 9.96. The first-order valence-corrected chi connectivity index (χ1v) is 12.4. The molecule has 0 saturated carbocycles. The van der Waals surface area contributed by atoms with Crippen LogP contribution in [-0.4, -0.2) is 42.1 Å². The standard InChI is InChI=1S/C23H18F2N6O2S2/c24-15-2-4-16(5-3-15)35(33)28-10-9-27-22-26-8-7-18(29-22)21-20(30-23-31(21)11-12-34-23)14-1-6-17(25)19(32)13-14/h1-8,11-13,28,32H,9-10H2,(H,26,27,29). The lowest BCUT2D eigenvalue weighted by Gasteiger charge is -2.11. The van der Waals surface area contributed by atoms with E-state index < -0.39 is 22.9 Å². The van der Waals surface area contributed by atoms with Gasteiger partial charge in [-0.3, -0.25) is 4.40 Å². The summed E-state index contributed by atoms with van der Waals surface area (Å²) in [5, 5.41) is 14.8. The Hall–Kier alpha value is -3.58. The van der Waals surface area contributed by atoms with Crippen LogP contribution in [0.15, 0.2) is 71.2 Å². The number of nitrogens with one attached hydrogen (secondary N) is 2. The summed E-state index contributed by atoms with van der Waals surface area (Å²) in [6, 6.07) is 11.3. The molecule has 0 bridgehead atoms. The van der Waals surface area contributed by atoms with Crippen molar-refractivity contribution in [1.29, 1.82) is 0 Å². The van der Waals surface area contributed by atoms with Crippen LogP contribution in [0, 0.1) is 11.6 Å². The van der Waals surface area contributed by atoms with Crippen LogP contribution in [0.2, 0.25) is 0 Å². The molecular formula is C23H18F2N6O2S2. The number of imidazole rings is 1. The van der Waals surface area contributed by atoms with Crippen molar-refractivity contribution in [3.05, 3.63) is 77.9 Å². The maximum Gasteiger partial charge on any atom is 0.223 e. The molecular weight excluding hydrogens is 494 g/mol. The number of rotatable bonds is 8. The van der Waals surface area contributed by atoms with Crippen LogP contribution in [0.3, 0.4) is 0 Å². The number of phenolic OH excluding ortho intramolecular Hbond substituents is 1. The number of fused-ring (bicyclic) bond motifs is 1. The van der Waals surface area contributed by atoms with Crippen LogP contribution < -0.4 is 10.0 Å². The molecule has 1 atom stereocenters. The minimum absolute atomic E-state index is 0.346. The number of aromatic hydroxyl groups is 1. The van der Waals surface area contributed by atoms with Crippen molar-refractivity contribution in [3.8, 4) is 28.4 Å². The van der Waals surface area contributed by atoms with E-state index in [0.717, 1.165) is 4.96 Å². The molecule has 35 heavy (non-hydrogen) atoms. The van der Waals surface area contributed by atoms with Gasteiger partial charge in [0.15, 0.2) is 21.4 Å². The van der Waals surface area contributed by atoms with Gasteiger partial charge >= 0.3 is 0 Å². The summed E-state index contributed by atoms with van der Waals surface area (Å²) in [5.41, 5.74) is 2.35. The highest BCUT2D eigenvalue weighted by Crippen LogP contribution is 2.35. The van der Waals surface area contributed by atoms with Crippen molar-refractivity contribution in [2.45, 2.75) is 4.90 Å². The zero-order chi connectivity index (χ0) is 24.4. The minimum atomic E-state index is -1.47. The maximum atomic E-state index is 13.6. The normalized spacial score (nSPS) is 12.2. The number of aromatic nitrogens is 4. The van der Waals surface area contributed by atoms with Gasteiger partial charge in [0, 0.05) is 29.9 Å². The first-order chi connectivity index (χ1) is 17.0. The van der Waals surface area contributed by atoms with E-state index in [4.69, 9.17) is 0 Å². The first kappa shape index (κ1) is 23.2. The molecule has 2 aromatic carbocycles. The number of anilines is 1. The Balaban J connectivity index is 1.33. The molecule has 0 spiro atoms. The average Bonchev–Trinajstić information content (AvgIpc) is 3.45. The van der Waals surface area contributed by atoms with Crippen molar-refractivity contribution in [2.24, 2.45) is 0 Å². The lowest BCUT2D eigenvalue weighted by molar-refractivity contribution is 0.432. The van der Waals surface area contributed by atoms with Gasteiger partial charge in [-0.1, -0.05) is 0 Å². The third-order valence-corrected chi connectivity index (χ3v) is 6.97. The number of benzene rings is 2. The second-order valence-corrected chi connectivity index (χ2v) is 9.51. The monoisotopic (exact) mass is 512 g/mol. The third kappa shape index (κ3) is 4.95. The third-order valence-electron chi connectivity index (χ3n) is 5.05. The molecule has 0 aliphatic rings. The van der Waals surface area contributed by atoms with E-state index in [1.807, 2.05) is 16.0 Å². The van der Waals surface area contributed by atoms with Crippen molar-refractivity contribution < 1.29 is 18.4 Å². The first-order valence-electron chi connectivity index (χ1n) is 10.4. The summed E-state index contributed by atoms with van der Waals surface area (Å²) in [7, 11) is 0. The molecule has 0 aliphatic heterocycles. The molecule has 0 amide bonds. The lowest BCUT2D eigenvalue weighted by atomic mass is 10.1. The van der Waals surface area contributed by atoms with E-state index in [2.05, 4.69) is 25.0 Å². The van der Waals surface area contributed by atoms with Gasteiger partial charge in [-0.2, -0.15) is 0 Å². The van der Waals surface area contributed by atoms with Crippen LogP contribution in [0.4, 0.5) is 14.7 Å². The predicted octanol–water partition coefficient (Wildman–Crippen LogP) is 4.23. The highest BCUT2D eigenvalue weighted by molar-refractivity contribution is 7.89. The van der Waals surface area contributed by atoms with Crippen molar-refractivity contribution in [1.82, 2.24) is 24.1 Å². The van der Waals surface area contributed by atoms with E-state index in [9.17, 15) is 18.4 Å². The molecule has 3 heterocycles. The van der Waals surface area contributed by atoms with Gasteiger partial charge in [0.25, 0.3) is 0 Å². The Morgan fingerprint density at radius 3 is 2.69 bits per heavy atom. The lowest BCUT2D eigenvalue weighted by Crippen LogP contribution is -2.29. The smallest absolute Gasteiger partial charge is 0.223 e. The quantitative estimate of drug-likeness (QED) is 0.211. The molecule has 1 unspecified atom stereocenters. The van der Waals surface area contributed by atoms with Gasteiger partial charge in [0.1, 0.15) is 11.5 Å². The molecule has 0 fully saturated rings. The second-order valence-electron chi connectivity index (χ2n) is 7.34. The van der Waals surface area contributed by atoms with Gasteiger partial charge in [0.2, 0.25) is 5.95 Å². The van der Waals surface area contributed by atoms with Crippen LogP contribution in [0.5, 0.6) is 5.75 Å². The summed E-state index contributed by atoms with van der Waals surface area (Å²) in [4.78, 5) is 14.7. The number of thiazole rings is 1. The Kier molecular flexibility index (Phi) is 6.59. The Labute approximate surface area is 205 Å². The molecule has 178 valence electrons. The van der Waals surface area contributed by atoms with Gasteiger partial charge in [-0.25, -0.2) is 23.7 Å². The van der Waals surface area contributed by atoms with Gasteiger partial charge < -0.3 is 15.0 Å². The fourth-order valence-electron chi connectivity index (χ4n) is 3.43.